The Kier molecular flexibility index (Phi) is 16.1. The smallest absolute Gasteiger partial charge is 0.338 e. The highest BCUT2D eigenvalue weighted by Crippen LogP contribution is 2.19. The molecule has 2 rings (SSSR count). The molecule has 0 heterocycles. The number of unbranched alkanes of at least 4 members (excludes halogenated alkanes) is 12. The van der Waals surface area contributed by atoms with Gasteiger partial charge in [-0.1, -0.05) is 146 Å². The number of esters is 1. The SMILES string of the molecule is CC(C)CCCCCCCCCCCCCCCOC(=O)c1ccccc1C(=O)C(C)C(=O)c1ccccc1. The Morgan fingerprint density at radius 2 is 1.03 bits per heavy atom. The average Bonchev–Trinajstić information content (AvgIpc) is 2.95. The first-order valence-corrected chi connectivity index (χ1v) is 15.3. The second-order valence-electron chi connectivity index (χ2n) is 11.3. The van der Waals surface area contributed by atoms with Crippen molar-refractivity contribution in [1.82, 2.24) is 0 Å². The van der Waals surface area contributed by atoms with Crippen LogP contribution in [0.15, 0.2) is 54.6 Å². The highest BCUT2D eigenvalue weighted by atomic mass is 16.5. The zero-order valence-corrected chi connectivity index (χ0v) is 24.6. The van der Waals surface area contributed by atoms with Gasteiger partial charge < -0.3 is 4.74 Å². The monoisotopic (exact) mass is 534 g/mol. The summed E-state index contributed by atoms with van der Waals surface area (Å²) in [4.78, 5) is 38.6. The molecule has 0 bridgehead atoms. The van der Waals surface area contributed by atoms with Crippen molar-refractivity contribution in [1.29, 1.82) is 0 Å². The quantitative estimate of drug-likeness (QED) is 0.0692. The van der Waals surface area contributed by atoms with E-state index in [0.717, 1.165) is 25.2 Å². The Bertz CT molecular complexity index is 979. The van der Waals surface area contributed by atoms with Crippen molar-refractivity contribution in [3.05, 3.63) is 71.3 Å². The van der Waals surface area contributed by atoms with Crippen LogP contribution in [0.25, 0.3) is 0 Å². The third-order valence-electron chi connectivity index (χ3n) is 7.42. The molecule has 214 valence electrons. The van der Waals surface area contributed by atoms with Crippen molar-refractivity contribution in [2.75, 3.05) is 6.61 Å². The van der Waals surface area contributed by atoms with Gasteiger partial charge in [0.2, 0.25) is 0 Å². The van der Waals surface area contributed by atoms with Crippen molar-refractivity contribution in [2.45, 2.75) is 111 Å². The molecule has 39 heavy (non-hydrogen) atoms. The second kappa shape index (κ2) is 19.3. The summed E-state index contributed by atoms with van der Waals surface area (Å²) in [5, 5.41) is 0. The van der Waals surface area contributed by atoms with Gasteiger partial charge in [0.25, 0.3) is 0 Å². The van der Waals surface area contributed by atoms with E-state index in [4.69, 9.17) is 4.74 Å². The first-order chi connectivity index (χ1) is 18.9. The summed E-state index contributed by atoms with van der Waals surface area (Å²) in [6, 6.07) is 15.4. The molecule has 0 radical (unpaired) electrons. The van der Waals surface area contributed by atoms with E-state index in [1.54, 1.807) is 55.5 Å². The van der Waals surface area contributed by atoms with E-state index < -0.39 is 11.9 Å². The maximum atomic E-state index is 13.1. The fourth-order valence-electron chi connectivity index (χ4n) is 4.92. The third kappa shape index (κ3) is 12.8. The molecule has 0 amide bonds. The molecule has 0 aliphatic rings. The molecule has 0 fully saturated rings. The lowest BCUT2D eigenvalue weighted by Crippen LogP contribution is -2.23. The number of ketones is 2. The Balaban J connectivity index is 1.58. The Morgan fingerprint density at radius 1 is 0.564 bits per heavy atom. The number of hydrogen-bond donors (Lipinski definition) is 0. The summed E-state index contributed by atoms with van der Waals surface area (Å²) in [6.07, 6.45) is 17.9. The molecule has 4 heteroatoms. The van der Waals surface area contributed by atoms with E-state index in [2.05, 4.69) is 13.8 Å². The highest BCUT2D eigenvalue weighted by Gasteiger charge is 2.27. The Morgan fingerprint density at radius 3 is 1.56 bits per heavy atom. The normalized spacial score (nSPS) is 11.9. The predicted molar refractivity (Wildman–Crippen MR) is 160 cm³/mol. The molecular weight excluding hydrogens is 484 g/mol. The van der Waals surface area contributed by atoms with Crippen LogP contribution in [0.2, 0.25) is 0 Å². The standard InChI is InChI=1S/C35H50O4/c1-28(2)22-16-13-11-9-7-5-4-6-8-10-12-14-21-27-39-35(38)32-26-20-19-25-31(32)34(37)29(3)33(36)30-23-17-15-18-24-30/h15,17-20,23-26,28-29H,4-14,16,21-22,27H2,1-3H3. The minimum atomic E-state index is -0.874. The summed E-state index contributed by atoms with van der Waals surface area (Å²) in [5.74, 6) is -1.15. The number of ether oxygens (including phenoxy) is 1. The lowest BCUT2D eigenvalue weighted by Gasteiger charge is -2.13. The number of rotatable bonds is 21. The molecule has 4 nitrogen and oxygen atoms in total. The predicted octanol–water partition coefficient (Wildman–Crippen LogP) is 9.66. The summed E-state index contributed by atoms with van der Waals surface area (Å²) < 4.78 is 5.49. The molecule has 0 aliphatic heterocycles. The van der Waals surface area contributed by atoms with Crippen molar-refractivity contribution in [3.8, 4) is 0 Å². The largest absolute Gasteiger partial charge is 0.462 e. The topological polar surface area (TPSA) is 60.4 Å². The molecule has 0 aliphatic carbocycles. The zero-order chi connectivity index (χ0) is 28.3. The molecule has 0 saturated carbocycles. The van der Waals surface area contributed by atoms with Gasteiger partial charge in [0, 0.05) is 11.1 Å². The number of Topliss-reactive ketones (excluding diaryl/α,β-unsaturated/α-hetero) is 2. The zero-order valence-electron chi connectivity index (χ0n) is 24.6. The maximum absolute atomic E-state index is 13.1. The Labute approximate surface area is 236 Å². The van der Waals surface area contributed by atoms with E-state index in [0.29, 0.717) is 12.2 Å². The number of hydrogen-bond acceptors (Lipinski definition) is 4. The van der Waals surface area contributed by atoms with Gasteiger partial charge in [-0.3, -0.25) is 9.59 Å². The van der Waals surface area contributed by atoms with Crippen LogP contribution < -0.4 is 0 Å². The molecule has 0 aromatic heterocycles. The van der Waals surface area contributed by atoms with Crippen LogP contribution in [0, 0.1) is 11.8 Å². The molecule has 0 spiro atoms. The van der Waals surface area contributed by atoms with Gasteiger partial charge in [0.05, 0.1) is 18.1 Å². The van der Waals surface area contributed by atoms with Crippen LogP contribution >= 0.6 is 0 Å². The molecule has 2 aromatic carbocycles. The van der Waals surface area contributed by atoms with Gasteiger partial charge in [-0.05, 0) is 25.3 Å². The minimum absolute atomic E-state index is 0.228. The van der Waals surface area contributed by atoms with Crippen molar-refractivity contribution in [3.63, 3.8) is 0 Å². The van der Waals surface area contributed by atoms with Gasteiger partial charge in [0.1, 0.15) is 0 Å². The van der Waals surface area contributed by atoms with E-state index in [1.807, 2.05) is 6.07 Å². The summed E-state index contributed by atoms with van der Waals surface area (Å²) in [6.45, 7) is 6.55. The van der Waals surface area contributed by atoms with Crippen LogP contribution in [0.3, 0.4) is 0 Å². The summed E-state index contributed by atoms with van der Waals surface area (Å²) in [5.41, 5.74) is 0.956. The minimum Gasteiger partial charge on any atom is -0.462 e. The highest BCUT2D eigenvalue weighted by molar-refractivity contribution is 6.18. The fraction of sp³-hybridized carbons (Fsp3) is 0.571. The van der Waals surface area contributed by atoms with Crippen molar-refractivity contribution < 1.29 is 19.1 Å². The summed E-state index contributed by atoms with van der Waals surface area (Å²) in [7, 11) is 0. The molecule has 1 atom stereocenters. The van der Waals surface area contributed by atoms with Crippen molar-refractivity contribution >= 4 is 17.5 Å². The fourth-order valence-corrected chi connectivity index (χ4v) is 4.92. The van der Waals surface area contributed by atoms with Crippen LogP contribution in [0.4, 0.5) is 0 Å². The molecule has 1 unspecified atom stereocenters. The van der Waals surface area contributed by atoms with Gasteiger partial charge in [-0.15, -0.1) is 0 Å². The van der Waals surface area contributed by atoms with Crippen LogP contribution in [-0.4, -0.2) is 24.1 Å². The first-order valence-electron chi connectivity index (χ1n) is 15.3. The van der Waals surface area contributed by atoms with Crippen LogP contribution in [0.1, 0.15) is 142 Å². The number of benzene rings is 2. The average molecular weight is 535 g/mol. The van der Waals surface area contributed by atoms with Gasteiger partial charge in [-0.25, -0.2) is 4.79 Å². The van der Waals surface area contributed by atoms with E-state index in [1.165, 1.54) is 70.6 Å². The lowest BCUT2D eigenvalue weighted by molar-refractivity contribution is 0.0493. The second-order valence-corrected chi connectivity index (χ2v) is 11.3. The Hall–Kier alpha value is -2.75. The van der Waals surface area contributed by atoms with Crippen LogP contribution in [-0.2, 0) is 4.74 Å². The van der Waals surface area contributed by atoms with Gasteiger partial charge in [-0.2, -0.15) is 0 Å². The molecule has 0 N–H and O–H groups in total. The van der Waals surface area contributed by atoms with Crippen LogP contribution in [0.5, 0.6) is 0 Å². The number of carbonyl (C=O) groups excluding carboxylic acids is 3. The van der Waals surface area contributed by atoms with Gasteiger partial charge in [0.15, 0.2) is 11.6 Å². The number of carbonyl (C=O) groups is 3. The van der Waals surface area contributed by atoms with E-state index in [-0.39, 0.29) is 22.7 Å². The summed E-state index contributed by atoms with van der Waals surface area (Å²) >= 11 is 0. The third-order valence-corrected chi connectivity index (χ3v) is 7.42. The molecule has 2 aromatic rings. The lowest BCUT2D eigenvalue weighted by atomic mass is 9.89. The first kappa shape index (κ1) is 32.5. The van der Waals surface area contributed by atoms with Gasteiger partial charge >= 0.3 is 5.97 Å². The van der Waals surface area contributed by atoms with E-state index >= 15 is 0 Å². The molecule has 0 saturated heterocycles. The maximum Gasteiger partial charge on any atom is 0.338 e. The van der Waals surface area contributed by atoms with Crippen molar-refractivity contribution in [2.24, 2.45) is 11.8 Å². The molecular formula is C35H50O4. The van der Waals surface area contributed by atoms with E-state index in [9.17, 15) is 14.4 Å².